The van der Waals surface area contributed by atoms with E-state index in [0.717, 1.165) is 55.3 Å². The average Bonchev–Trinajstić information content (AvgIpc) is 2.97. The van der Waals surface area contributed by atoms with Crippen molar-refractivity contribution in [2.75, 3.05) is 6.54 Å². The number of hydrogen-bond acceptors (Lipinski definition) is 3. The third-order valence-electron chi connectivity index (χ3n) is 4.66. The molecule has 1 aliphatic heterocycles. The molecule has 0 radical (unpaired) electrons. The number of fused-ring (bicyclic) bond motifs is 2. The van der Waals surface area contributed by atoms with Crippen molar-refractivity contribution in [1.82, 2.24) is 19.9 Å². The summed E-state index contributed by atoms with van der Waals surface area (Å²) in [4.78, 5) is 15.0. The van der Waals surface area contributed by atoms with Gasteiger partial charge in [-0.3, -0.25) is 4.90 Å². The fourth-order valence-corrected chi connectivity index (χ4v) is 3.59. The summed E-state index contributed by atoms with van der Waals surface area (Å²) in [5.74, 6) is 0.982. The summed E-state index contributed by atoms with van der Waals surface area (Å²) in [6.45, 7) is 5.02. The van der Waals surface area contributed by atoms with E-state index in [1.54, 1.807) is 0 Å². The van der Waals surface area contributed by atoms with Gasteiger partial charge in [-0.05, 0) is 30.2 Å². The molecule has 1 aliphatic rings. The summed E-state index contributed by atoms with van der Waals surface area (Å²) in [5, 5.41) is 1.99. The molecule has 1 aromatic carbocycles. The van der Waals surface area contributed by atoms with E-state index >= 15 is 0 Å². The lowest BCUT2D eigenvalue weighted by molar-refractivity contribution is 0.243. The molecule has 0 saturated carbocycles. The largest absolute Gasteiger partial charge is 0.361 e. The summed E-state index contributed by atoms with van der Waals surface area (Å²) >= 11 is 6.15. The van der Waals surface area contributed by atoms with Crippen LogP contribution in [0.5, 0.6) is 0 Å². The number of aromatic nitrogens is 3. The quantitative estimate of drug-likeness (QED) is 0.777. The number of nitrogens with one attached hydrogen (secondary N) is 1. The molecule has 0 saturated heterocycles. The highest BCUT2D eigenvalue weighted by Gasteiger charge is 2.19. The zero-order valence-corrected chi connectivity index (χ0v) is 14.6. The standard InChI is InChI=1S/C19H21ClN4/c1-2-3-19-22-10-14-12-24(7-6-17(14)23-19)11-13-9-21-18-5-4-15(20)8-16(13)18/h4-5,8-10,21H,2-3,6-7,11-12H2,1H3. The Morgan fingerprint density at radius 2 is 2.25 bits per heavy atom. The summed E-state index contributed by atoms with van der Waals surface area (Å²) in [6, 6.07) is 6.00. The molecule has 0 amide bonds. The van der Waals surface area contributed by atoms with Crippen LogP contribution < -0.4 is 0 Å². The van der Waals surface area contributed by atoms with Gasteiger partial charge in [0.2, 0.25) is 0 Å². The molecule has 0 spiro atoms. The van der Waals surface area contributed by atoms with Crippen molar-refractivity contribution in [1.29, 1.82) is 0 Å². The summed E-state index contributed by atoms with van der Waals surface area (Å²) in [6.07, 6.45) is 7.17. The maximum atomic E-state index is 6.15. The first-order valence-corrected chi connectivity index (χ1v) is 8.92. The van der Waals surface area contributed by atoms with Crippen molar-refractivity contribution < 1.29 is 0 Å². The molecule has 0 unspecified atom stereocenters. The van der Waals surface area contributed by atoms with Gasteiger partial charge in [0.1, 0.15) is 5.82 Å². The Balaban J connectivity index is 1.53. The van der Waals surface area contributed by atoms with Gasteiger partial charge in [-0.15, -0.1) is 0 Å². The number of halogens is 1. The van der Waals surface area contributed by atoms with E-state index < -0.39 is 0 Å². The molecule has 0 bridgehead atoms. The molecule has 24 heavy (non-hydrogen) atoms. The maximum absolute atomic E-state index is 6.15. The molecule has 124 valence electrons. The molecular weight excluding hydrogens is 320 g/mol. The van der Waals surface area contributed by atoms with Crippen LogP contribution in [0.25, 0.3) is 10.9 Å². The van der Waals surface area contributed by atoms with E-state index in [2.05, 4.69) is 28.0 Å². The van der Waals surface area contributed by atoms with Gasteiger partial charge in [-0.25, -0.2) is 9.97 Å². The van der Waals surface area contributed by atoms with E-state index in [9.17, 15) is 0 Å². The SMILES string of the molecule is CCCc1ncc2c(n1)CCN(Cc1c[nH]c3ccc(Cl)cc13)C2. The fourth-order valence-electron chi connectivity index (χ4n) is 3.42. The predicted octanol–water partition coefficient (Wildman–Crippen LogP) is 4.12. The number of benzene rings is 1. The minimum atomic E-state index is 0.782. The molecule has 3 aromatic rings. The van der Waals surface area contributed by atoms with Crippen LogP contribution in [-0.2, 0) is 25.9 Å². The van der Waals surface area contributed by atoms with Crippen molar-refractivity contribution in [3.63, 3.8) is 0 Å². The molecule has 0 atom stereocenters. The lowest BCUT2D eigenvalue weighted by Gasteiger charge is -2.27. The van der Waals surface area contributed by atoms with E-state index in [4.69, 9.17) is 16.6 Å². The highest BCUT2D eigenvalue weighted by atomic mass is 35.5. The Labute approximate surface area is 146 Å². The van der Waals surface area contributed by atoms with E-state index in [-0.39, 0.29) is 0 Å². The van der Waals surface area contributed by atoms with Gasteiger partial charge in [-0.1, -0.05) is 18.5 Å². The van der Waals surface area contributed by atoms with Gasteiger partial charge in [-0.2, -0.15) is 0 Å². The molecule has 2 aromatic heterocycles. The van der Waals surface area contributed by atoms with E-state index in [1.165, 1.54) is 22.2 Å². The molecule has 0 aliphatic carbocycles. The van der Waals surface area contributed by atoms with Crippen LogP contribution in [0.1, 0.15) is 36.0 Å². The average molecular weight is 341 g/mol. The van der Waals surface area contributed by atoms with Crippen LogP contribution >= 0.6 is 11.6 Å². The second kappa shape index (κ2) is 6.54. The zero-order chi connectivity index (χ0) is 16.5. The zero-order valence-electron chi connectivity index (χ0n) is 13.8. The van der Waals surface area contributed by atoms with Crippen molar-refractivity contribution in [2.24, 2.45) is 0 Å². The van der Waals surface area contributed by atoms with Crippen molar-refractivity contribution in [3.05, 3.63) is 58.3 Å². The summed E-state index contributed by atoms with van der Waals surface area (Å²) < 4.78 is 0. The number of aromatic amines is 1. The lowest BCUT2D eigenvalue weighted by Crippen LogP contribution is -2.31. The Bertz CT molecular complexity index is 871. The number of aryl methyl sites for hydroxylation is 1. The monoisotopic (exact) mass is 340 g/mol. The molecule has 5 heteroatoms. The number of H-pyrrole nitrogens is 1. The molecule has 4 nitrogen and oxygen atoms in total. The molecule has 1 N–H and O–H groups in total. The van der Waals surface area contributed by atoms with Crippen LogP contribution in [-0.4, -0.2) is 26.4 Å². The Hall–Kier alpha value is -1.91. The molecular formula is C19H21ClN4. The van der Waals surface area contributed by atoms with Gasteiger partial charge in [0, 0.05) is 72.1 Å². The summed E-state index contributed by atoms with van der Waals surface area (Å²) in [5.41, 5.74) is 4.92. The fraction of sp³-hybridized carbons (Fsp3) is 0.368. The minimum absolute atomic E-state index is 0.782. The van der Waals surface area contributed by atoms with Gasteiger partial charge in [0.05, 0.1) is 0 Å². The maximum Gasteiger partial charge on any atom is 0.128 e. The minimum Gasteiger partial charge on any atom is -0.361 e. The normalized spacial score (nSPS) is 14.9. The topological polar surface area (TPSA) is 44.8 Å². The van der Waals surface area contributed by atoms with Crippen LogP contribution in [0.4, 0.5) is 0 Å². The Morgan fingerprint density at radius 3 is 3.12 bits per heavy atom. The number of rotatable bonds is 4. The lowest BCUT2D eigenvalue weighted by atomic mass is 10.1. The first-order valence-electron chi connectivity index (χ1n) is 8.54. The second-order valence-corrected chi connectivity index (χ2v) is 6.91. The van der Waals surface area contributed by atoms with Crippen LogP contribution in [0.15, 0.2) is 30.6 Å². The van der Waals surface area contributed by atoms with E-state index in [1.807, 2.05) is 24.4 Å². The van der Waals surface area contributed by atoms with Crippen LogP contribution in [0.2, 0.25) is 5.02 Å². The van der Waals surface area contributed by atoms with Gasteiger partial charge < -0.3 is 4.98 Å². The van der Waals surface area contributed by atoms with Crippen molar-refractivity contribution >= 4 is 22.5 Å². The van der Waals surface area contributed by atoms with Crippen LogP contribution in [0, 0.1) is 0 Å². The third kappa shape index (κ3) is 3.04. The smallest absolute Gasteiger partial charge is 0.128 e. The summed E-state index contributed by atoms with van der Waals surface area (Å²) in [7, 11) is 0. The Morgan fingerprint density at radius 1 is 1.33 bits per heavy atom. The highest BCUT2D eigenvalue weighted by molar-refractivity contribution is 6.31. The van der Waals surface area contributed by atoms with Crippen molar-refractivity contribution in [2.45, 2.75) is 39.3 Å². The van der Waals surface area contributed by atoms with Gasteiger partial charge >= 0.3 is 0 Å². The van der Waals surface area contributed by atoms with Crippen LogP contribution in [0.3, 0.4) is 0 Å². The highest BCUT2D eigenvalue weighted by Crippen LogP contribution is 2.25. The van der Waals surface area contributed by atoms with E-state index in [0.29, 0.717) is 0 Å². The number of nitrogens with zero attached hydrogens (tertiary/aromatic N) is 3. The predicted molar refractivity (Wildman–Crippen MR) is 97.2 cm³/mol. The van der Waals surface area contributed by atoms with Gasteiger partial charge in [0.15, 0.2) is 0 Å². The third-order valence-corrected chi connectivity index (χ3v) is 4.90. The first-order chi connectivity index (χ1) is 11.7. The molecule has 4 rings (SSSR count). The molecule has 3 heterocycles. The second-order valence-electron chi connectivity index (χ2n) is 6.47. The van der Waals surface area contributed by atoms with Gasteiger partial charge in [0.25, 0.3) is 0 Å². The Kier molecular flexibility index (Phi) is 4.25. The van der Waals surface area contributed by atoms with Crippen molar-refractivity contribution in [3.8, 4) is 0 Å². The molecule has 0 fully saturated rings. The first kappa shape index (κ1) is 15.6. The number of hydrogen-bond donors (Lipinski definition) is 1.